The molecule has 0 atom stereocenters. The second-order valence-electron chi connectivity index (χ2n) is 8.19. The smallest absolute Gasteiger partial charge is 0.449 e. The number of carbonyl (C=O) groups is 1. The lowest BCUT2D eigenvalue weighted by Gasteiger charge is -2.49. The molecule has 0 unspecified atom stereocenters. The van der Waals surface area contributed by atoms with Crippen molar-refractivity contribution in [2.24, 2.45) is 5.41 Å². The van der Waals surface area contributed by atoms with Crippen molar-refractivity contribution < 1.29 is 23.4 Å². The Morgan fingerprint density at radius 3 is 2.66 bits per heavy atom. The largest absolute Gasteiger partial charge is 0.511 e. The van der Waals surface area contributed by atoms with E-state index < -0.39 is 29.0 Å². The maximum atomic E-state index is 15.5. The summed E-state index contributed by atoms with van der Waals surface area (Å²) in [7, 11) is 0. The maximum absolute atomic E-state index is 15.5. The first-order valence-corrected chi connectivity index (χ1v) is 9.67. The fraction of sp³-hybridized carbons (Fsp3) is 0.500. The van der Waals surface area contributed by atoms with E-state index in [1.54, 1.807) is 4.90 Å². The van der Waals surface area contributed by atoms with E-state index in [1.807, 2.05) is 6.92 Å². The summed E-state index contributed by atoms with van der Waals surface area (Å²) in [6.07, 6.45) is 1.09. The molecule has 2 aliphatic rings. The molecule has 1 aromatic carbocycles. The summed E-state index contributed by atoms with van der Waals surface area (Å²) in [5.41, 5.74) is -1.08. The molecule has 1 aliphatic carbocycles. The van der Waals surface area contributed by atoms with Crippen molar-refractivity contribution in [3.63, 3.8) is 0 Å². The molecule has 2 N–H and O–H groups in total. The minimum atomic E-state index is -1.65. The molecule has 4 rings (SSSR count). The van der Waals surface area contributed by atoms with E-state index in [2.05, 4.69) is 17.0 Å². The van der Waals surface area contributed by atoms with Gasteiger partial charge in [-0.1, -0.05) is 13.8 Å². The first-order chi connectivity index (χ1) is 13.7. The van der Waals surface area contributed by atoms with E-state index in [9.17, 15) is 14.0 Å². The Morgan fingerprint density at radius 2 is 2.07 bits per heavy atom. The first kappa shape index (κ1) is 19.6. The van der Waals surface area contributed by atoms with Crippen LogP contribution >= 0.6 is 0 Å². The van der Waals surface area contributed by atoms with Crippen molar-refractivity contribution >= 4 is 22.7 Å². The number of hydrogen-bond donors (Lipinski definition) is 2. The highest BCUT2D eigenvalue weighted by Gasteiger charge is 2.41. The number of nitrogens with one attached hydrogen (secondary N) is 1. The van der Waals surface area contributed by atoms with Gasteiger partial charge < -0.3 is 24.6 Å². The van der Waals surface area contributed by atoms with E-state index in [0.29, 0.717) is 13.1 Å². The van der Waals surface area contributed by atoms with Crippen molar-refractivity contribution in [3.05, 3.63) is 34.1 Å². The van der Waals surface area contributed by atoms with Gasteiger partial charge >= 0.3 is 6.16 Å². The van der Waals surface area contributed by atoms with Gasteiger partial charge in [0.25, 0.3) is 0 Å². The lowest BCUT2D eigenvalue weighted by molar-refractivity contribution is 0.143. The van der Waals surface area contributed by atoms with Crippen LogP contribution in [0.25, 0.3) is 10.9 Å². The molecule has 2 fully saturated rings. The van der Waals surface area contributed by atoms with Gasteiger partial charge in [0.05, 0.1) is 17.1 Å². The zero-order valence-electron chi connectivity index (χ0n) is 16.3. The molecule has 1 saturated carbocycles. The Bertz CT molecular complexity index is 1040. The van der Waals surface area contributed by atoms with Crippen molar-refractivity contribution in [1.82, 2.24) is 9.88 Å². The van der Waals surface area contributed by atoms with Crippen LogP contribution in [0.2, 0.25) is 0 Å². The van der Waals surface area contributed by atoms with Gasteiger partial charge in [0.1, 0.15) is 11.5 Å². The molecule has 29 heavy (non-hydrogen) atoms. The lowest BCUT2D eigenvalue weighted by Crippen LogP contribution is -2.59. The molecular formula is C20H23F2N3O4. The van der Waals surface area contributed by atoms with E-state index in [4.69, 9.17) is 5.11 Å². The number of anilines is 1. The molecule has 2 aromatic rings. The van der Waals surface area contributed by atoms with Crippen LogP contribution < -0.4 is 20.4 Å². The number of ether oxygens (including phenoxy) is 1. The van der Waals surface area contributed by atoms with Crippen molar-refractivity contribution in [2.45, 2.75) is 32.7 Å². The molecule has 1 saturated heterocycles. The number of rotatable bonds is 6. The van der Waals surface area contributed by atoms with Crippen LogP contribution in [-0.2, 0) is 0 Å². The Hall–Kier alpha value is -2.68. The standard InChI is InChI=1S/C20H23F2N3O4/c1-3-23-8-20(2)9-24(10-20)17-13(21)6-12-16(15(17)22)25(11-4-5-11)7-14(18(12)26)29-19(27)28/h6-7,11,23H,3-5,8-10H2,1-2H3,(H,27,28). The molecule has 0 spiro atoms. The predicted octanol–water partition coefficient (Wildman–Crippen LogP) is 3.11. The highest BCUT2D eigenvalue weighted by atomic mass is 19.1. The number of halogens is 2. The Kier molecular flexibility index (Phi) is 4.72. The van der Waals surface area contributed by atoms with Crippen LogP contribution in [0.15, 0.2) is 17.1 Å². The second kappa shape index (κ2) is 6.98. The summed E-state index contributed by atoms with van der Waals surface area (Å²) in [5.74, 6) is -2.09. The highest BCUT2D eigenvalue weighted by molar-refractivity contribution is 5.86. The van der Waals surface area contributed by atoms with Crippen LogP contribution in [0.4, 0.5) is 19.3 Å². The maximum Gasteiger partial charge on any atom is 0.511 e. The summed E-state index contributed by atoms with van der Waals surface area (Å²) >= 11 is 0. The number of pyridine rings is 1. The molecule has 0 bridgehead atoms. The zero-order valence-corrected chi connectivity index (χ0v) is 16.3. The molecule has 7 nitrogen and oxygen atoms in total. The Morgan fingerprint density at radius 1 is 1.38 bits per heavy atom. The van der Waals surface area contributed by atoms with Gasteiger partial charge in [0.15, 0.2) is 11.6 Å². The Balaban J connectivity index is 1.80. The average Bonchev–Trinajstić information content (AvgIpc) is 3.45. The predicted molar refractivity (Wildman–Crippen MR) is 104 cm³/mol. The number of carboxylic acid groups (broad SMARTS) is 1. The van der Waals surface area contributed by atoms with Crippen LogP contribution in [0.5, 0.6) is 5.75 Å². The first-order valence-electron chi connectivity index (χ1n) is 9.67. The van der Waals surface area contributed by atoms with E-state index in [0.717, 1.165) is 32.0 Å². The number of aromatic nitrogens is 1. The molecule has 1 aliphatic heterocycles. The summed E-state index contributed by atoms with van der Waals surface area (Å²) in [6.45, 7) is 6.61. The van der Waals surface area contributed by atoms with Crippen LogP contribution in [0, 0.1) is 17.0 Å². The highest BCUT2D eigenvalue weighted by Crippen LogP contribution is 2.42. The van der Waals surface area contributed by atoms with Gasteiger partial charge in [-0.15, -0.1) is 0 Å². The third-order valence-corrected chi connectivity index (χ3v) is 5.55. The van der Waals surface area contributed by atoms with Crippen molar-refractivity contribution in [1.29, 1.82) is 0 Å². The molecule has 1 aromatic heterocycles. The van der Waals surface area contributed by atoms with E-state index >= 15 is 4.39 Å². The fourth-order valence-corrected chi connectivity index (χ4v) is 4.08. The summed E-state index contributed by atoms with van der Waals surface area (Å²) < 4.78 is 36.4. The summed E-state index contributed by atoms with van der Waals surface area (Å²) in [6, 6.07) is 0.918. The molecule has 9 heteroatoms. The topological polar surface area (TPSA) is 83.8 Å². The number of nitrogens with zero attached hydrogens (tertiary/aromatic N) is 2. The van der Waals surface area contributed by atoms with E-state index in [1.165, 1.54) is 10.8 Å². The van der Waals surface area contributed by atoms with Gasteiger partial charge in [-0.3, -0.25) is 4.79 Å². The SMILES string of the molecule is CCNCC1(C)CN(c2c(F)cc3c(=O)c(OC(=O)O)cn(C4CC4)c3c2F)C1. The van der Waals surface area contributed by atoms with Crippen LogP contribution in [0.1, 0.15) is 32.7 Å². The van der Waals surface area contributed by atoms with Crippen LogP contribution in [-0.4, -0.2) is 42.0 Å². The number of fused-ring (bicyclic) bond motifs is 1. The minimum Gasteiger partial charge on any atom is -0.449 e. The third-order valence-electron chi connectivity index (χ3n) is 5.55. The molecule has 0 radical (unpaired) electrons. The van der Waals surface area contributed by atoms with Crippen molar-refractivity contribution in [3.8, 4) is 5.75 Å². The van der Waals surface area contributed by atoms with Gasteiger partial charge in [-0.05, 0) is 25.5 Å². The summed E-state index contributed by atoms with van der Waals surface area (Å²) in [5, 5.41) is 11.9. The fourth-order valence-electron chi connectivity index (χ4n) is 4.08. The number of hydrogen-bond acceptors (Lipinski definition) is 5. The van der Waals surface area contributed by atoms with Crippen molar-refractivity contribution in [2.75, 3.05) is 31.1 Å². The van der Waals surface area contributed by atoms with Gasteiger partial charge in [0, 0.05) is 31.1 Å². The Labute approximate surface area is 165 Å². The minimum absolute atomic E-state index is 0.00748. The summed E-state index contributed by atoms with van der Waals surface area (Å²) in [4.78, 5) is 25.1. The zero-order chi connectivity index (χ0) is 20.9. The molecule has 0 amide bonds. The van der Waals surface area contributed by atoms with Gasteiger partial charge in [-0.2, -0.15) is 0 Å². The molecular weight excluding hydrogens is 384 g/mol. The normalized spacial score (nSPS) is 18.0. The number of benzene rings is 1. The van der Waals surface area contributed by atoms with Gasteiger partial charge in [0.2, 0.25) is 5.43 Å². The van der Waals surface area contributed by atoms with Gasteiger partial charge in [-0.25, -0.2) is 13.6 Å². The average molecular weight is 407 g/mol. The van der Waals surface area contributed by atoms with Crippen LogP contribution in [0.3, 0.4) is 0 Å². The second-order valence-corrected chi connectivity index (χ2v) is 8.19. The quantitative estimate of drug-likeness (QED) is 0.716. The monoisotopic (exact) mass is 407 g/mol. The lowest BCUT2D eigenvalue weighted by atomic mass is 9.81. The third kappa shape index (κ3) is 3.43. The molecule has 2 heterocycles. The molecule has 156 valence electrons. The van der Waals surface area contributed by atoms with E-state index in [-0.39, 0.29) is 28.0 Å².